The molecule has 1 aromatic rings. The molecule has 0 saturated carbocycles. The summed E-state index contributed by atoms with van der Waals surface area (Å²) in [6.07, 6.45) is 2.51. The van der Waals surface area contributed by atoms with Crippen molar-refractivity contribution in [1.29, 1.82) is 0 Å². The van der Waals surface area contributed by atoms with Gasteiger partial charge in [0.2, 0.25) is 0 Å². The number of likely N-dealkylation sites (tertiary alicyclic amines) is 1. The number of nitrogens with one attached hydrogen (secondary N) is 1. The van der Waals surface area contributed by atoms with Gasteiger partial charge in [-0.3, -0.25) is 10.1 Å². The van der Waals surface area contributed by atoms with Gasteiger partial charge in [0.15, 0.2) is 0 Å². The van der Waals surface area contributed by atoms with Gasteiger partial charge >= 0.3 is 0 Å². The van der Waals surface area contributed by atoms with Gasteiger partial charge in [0.05, 0.1) is 4.92 Å². The molecule has 0 bridgehead atoms. The fourth-order valence-corrected chi connectivity index (χ4v) is 2.59. The summed E-state index contributed by atoms with van der Waals surface area (Å²) < 4.78 is 0. The first-order valence-electron chi connectivity index (χ1n) is 7.27. The van der Waals surface area contributed by atoms with Gasteiger partial charge in [0.25, 0.3) is 5.69 Å². The molecule has 0 aliphatic carbocycles. The van der Waals surface area contributed by atoms with Crippen molar-refractivity contribution in [3.05, 3.63) is 33.9 Å². The summed E-state index contributed by atoms with van der Waals surface area (Å²) in [6, 6.07) is 5.19. The molecule has 0 radical (unpaired) electrons. The molecule has 5 nitrogen and oxygen atoms in total. The number of hydrogen-bond donors (Lipinski definition) is 1. The summed E-state index contributed by atoms with van der Waals surface area (Å²) in [4.78, 5) is 13.1. The lowest BCUT2D eigenvalue weighted by Gasteiger charge is -2.30. The van der Waals surface area contributed by atoms with Crippen LogP contribution in [-0.4, -0.2) is 36.0 Å². The molecule has 1 fully saturated rings. The van der Waals surface area contributed by atoms with E-state index in [0.717, 1.165) is 37.7 Å². The molecule has 0 spiro atoms. The molecule has 0 unspecified atom stereocenters. The molecule has 2 rings (SSSR count). The SMILES string of the molecule is Cc1ccc([N+](=O)[O-])c(NCCN2CCC(C)CC2)c1. The lowest BCUT2D eigenvalue weighted by atomic mass is 9.99. The van der Waals surface area contributed by atoms with E-state index in [-0.39, 0.29) is 10.6 Å². The van der Waals surface area contributed by atoms with Crippen LogP contribution in [0.3, 0.4) is 0 Å². The van der Waals surface area contributed by atoms with Crippen molar-refractivity contribution in [1.82, 2.24) is 4.90 Å². The van der Waals surface area contributed by atoms with E-state index in [0.29, 0.717) is 5.69 Å². The van der Waals surface area contributed by atoms with Gasteiger partial charge in [-0.25, -0.2) is 0 Å². The third kappa shape index (κ3) is 3.93. The highest BCUT2D eigenvalue weighted by molar-refractivity contribution is 5.62. The first kappa shape index (κ1) is 14.8. The second kappa shape index (κ2) is 6.70. The molecule has 1 heterocycles. The molecule has 1 aliphatic rings. The lowest BCUT2D eigenvalue weighted by Crippen LogP contribution is -2.36. The number of piperidine rings is 1. The van der Waals surface area contributed by atoms with Crippen LogP contribution < -0.4 is 5.32 Å². The van der Waals surface area contributed by atoms with Crippen LogP contribution in [0.5, 0.6) is 0 Å². The lowest BCUT2D eigenvalue weighted by molar-refractivity contribution is -0.384. The Morgan fingerprint density at radius 1 is 1.40 bits per heavy atom. The minimum Gasteiger partial charge on any atom is -0.378 e. The third-order valence-corrected chi connectivity index (χ3v) is 3.97. The topological polar surface area (TPSA) is 58.4 Å². The van der Waals surface area contributed by atoms with Crippen LogP contribution in [0.4, 0.5) is 11.4 Å². The van der Waals surface area contributed by atoms with Gasteiger partial charge in [-0.15, -0.1) is 0 Å². The van der Waals surface area contributed by atoms with Gasteiger partial charge in [-0.1, -0.05) is 13.0 Å². The predicted molar refractivity (Wildman–Crippen MR) is 81.2 cm³/mol. The molecule has 1 N–H and O–H groups in total. The Bertz CT molecular complexity index is 468. The molecule has 20 heavy (non-hydrogen) atoms. The standard InChI is InChI=1S/C15H23N3O2/c1-12-5-8-17(9-6-12)10-7-16-14-11-13(2)3-4-15(14)18(19)20/h3-4,11-12,16H,5-10H2,1-2H3. The van der Waals surface area contributed by atoms with Crippen LogP contribution in [0.25, 0.3) is 0 Å². The molecule has 0 aromatic heterocycles. The molecule has 1 aromatic carbocycles. The average molecular weight is 277 g/mol. The van der Waals surface area contributed by atoms with E-state index < -0.39 is 0 Å². The van der Waals surface area contributed by atoms with E-state index in [1.165, 1.54) is 12.8 Å². The van der Waals surface area contributed by atoms with E-state index >= 15 is 0 Å². The molecule has 5 heteroatoms. The number of aryl methyl sites for hydroxylation is 1. The fraction of sp³-hybridized carbons (Fsp3) is 0.600. The molecular weight excluding hydrogens is 254 g/mol. The average Bonchev–Trinajstić information content (AvgIpc) is 2.41. The van der Waals surface area contributed by atoms with E-state index in [1.54, 1.807) is 12.1 Å². The number of nitro benzene ring substituents is 1. The quantitative estimate of drug-likeness (QED) is 0.664. The first-order chi connectivity index (χ1) is 9.56. The second-order valence-electron chi connectivity index (χ2n) is 5.73. The highest BCUT2D eigenvalue weighted by Gasteiger charge is 2.16. The van der Waals surface area contributed by atoms with Crippen molar-refractivity contribution in [3.8, 4) is 0 Å². The van der Waals surface area contributed by atoms with E-state index in [4.69, 9.17) is 0 Å². The maximum atomic E-state index is 11.0. The zero-order chi connectivity index (χ0) is 14.5. The Hall–Kier alpha value is -1.62. The Kier molecular flexibility index (Phi) is 4.95. The van der Waals surface area contributed by atoms with Crippen LogP contribution in [0.2, 0.25) is 0 Å². The zero-order valence-electron chi connectivity index (χ0n) is 12.3. The minimum absolute atomic E-state index is 0.155. The fourth-order valence-electron chi connectivity index (χ4n) is 2.59. The van der Waals surface area contributed by atoms with Crippen molar-refractivity contribution in [3.63, 3.8) is 0 Å². The maximum Gasteiger partial charge on any atom is 0.292 e. The molecule has 110 valence electrons. The van der Waals surface area contributed by atoms with Crippen molar-refractivity contribution >= 4 is 11.4 Å². The maximum absolute atomic E-state index is 11.0. The van der Waals surface area contributed by atoms with Crippen molar-refractivity contribution in [2.24, 2.45) is 5.92 Å². The van der Waals surface area contributed by atoms with Crippen LogP contribution in [0.1, 0.15) is 25.3 Å². The van der Waals surface area contributed by atoms with Crippen LogP contribution in [0, 0.1) is 23.0 Å². The van der Waals surface area contributed by atoms with E-state index in [1.807, 2.05) is 13.0 Å². The number of nitro groups is 1. The Labute approximate surface area is 120 Å². The number of anilines is 1. The summed E-state index contributed by atoms with van der Waals surface area (Å²) in [5.41, 5.74) is 1.81. The summed E-state index contributed by atoms with van der Waals surface area (Å²) in [6.45, 7) is 8.21. The minimum atomic E-state index is -0.329. The van der Waals surface area contributed by atoms with Crippen molar-refractivity contribution in [2.45, 2.75) is 26.7 Å². The number of rotatable bonds is 5. The molecule has 0 atom stereocenters. The van der Waals surface area contributed by atoms with Gasteiger partial charge in [0.1, 0.15) is 5.69 Å². The van der Waals surface area contributed by atoms with Gasteiger partial charge in [-0.05, 0) is 50.4 Å². The van der Waals surface area contributed by atoms with Crippen molar-refractivity contribution < 1.29 is 4.92 Å². The van der Waals surface area contributed by atoms with Crippen LogP contribution in [-0.2, 0) is 0 Å². The molecule has 1 aliphatic heterocycles. The van der Waals surface area contributed by atoms with Crippen molar-refractivity contribution in [2.75, 3.05) is 31.5 Å². The summed E-state index contributed by atoms with van der Waals surface area (Å²) in [5, 5.41) is 14.2. The molecule has 0 amide bonds. The largest absolute Gasteiger partial charge is 0.378 e. The Morgan fingerprint density at radius 3 is 2.75 bits per heavy atom. The van der Waals surface area contributed by atoms with Gasteiger partial charge in [0, 0.05) is 19.2 Å². The zero-order valence-corrected chi connectivity index (χ0v) is 12.3. The molecule has 1 saturated heterocycles. The highest BCUT2D eigenvalue weighted by atomic mass is 16.6. The Morgan fingerprint density at radius 2 is 2.10 bits per heavy atom. The number of hydrogen-bond acceptors (Lipinski definition) is 4. The summed E-state index contributed by atoms with van der Waals surface area (Å²) in [5.74, 6) is 0.831. The Balaban J connectivity index is 1.87. The highest BCUT2D eigenvalue weighted by Crippen LogP contribution is 2.25. The smallest absolute Gasteiger partial charge is 0.292 e. The summed E-state index contributed by atoms with van der Waals surface area (Å²) >= 11 is 0. The van der Waals surface area contributed by atoms with Gasteiger partial charge in [-0.2, -0.15) is 0 Å². The first-order valence-corrected chi connectivity index (χ1v) is 7.27. The predicted octanol–water partition coefficient (Wildman–Crippen LogP) is 3.05. The van der Waals surface area contributed by atoms with E-state index in [9.17, 15) is 10.1 Å². The van der Waals surface area contributed by atoms with Gasteiger partial charge < -0.3 is 10.2 Å². The van der Waals surface area contributed by atoms with E-state index in [2.05, 4.69) is 17.1 Å². The number of benzene rings is 1. The second-order valence-corrected chi connectivity index (χ2v) is 5.73. The summed E-state index contributed by atoms with van der Waals surface area (Å²) in [7, 11) is 0. The molecular formula is C15H23N3O2. The number of nitrogens with zero attached hydrogens (tertiary/aromatic N) is 2. The normalized spacial score (nSPS) is 17.1. The van der Waals surface area contributed by atoms with Crippen LogP contribution >= 0.6 is 0 Å². The third-order valence-electron chi connectivity index (χ3n) is 3.97. The van der Waals surface area contributed by atoms with Crippen LogP contribution in [0.15, 0.2) is 18.2 Å². The monoisotopic (exact) mass is 277 g/mol.